The van der Waals surface area contributed by atoms with Crippen LogP contribution in [0.5, 0.6) is 0 Å². The molecule has 11 rings (SSSR count). The first kappa shape index (κ1) is 32.7. The zero-order valence-electron chi connectivity index (χ0n) is 30.8. The molecule has 3 heterocycles. The van der Waals surface area contributed by atoms with Gasteiger partial charge in [0.1, 0.15) is 0 Å². The van der Waals surface area contributed by atoms with Crippen molar-refractivity contribution in [3.63, 3.8) is 0 Å². The second kappa shape index (κ2) is 13.5. The smallest absolute Gasteiger partial charge is 0.164 e. The molecule has 8 aromatic carbocycles. The number of fused-ring (bicyclic) bond motifs is 6. The second-order valence-corrected chi connectivity index (χ2v) is 14.2. The summed E-state index contributed by atoms with van der Waals surface area (Å²) >= 11 is 0. The van der Waals surface area contributed by atoms with E-state index in [1.54, 1.807) is 0 Å². The van der Waals surface area contributed by atoms with Crippen LogP contribution in [0.4, 0.5) is 0 Å². The fraction of sp³-hybridized carbons (Fsp3) is 0. The van der Waals surface area contributed by atoms with E-state index < -0.39 is 0 Å². The predicted molar refractivity (Wildman–Crippen MR) is 234 cm³/mol. The van der Waals surface area contributed by atoms with Crippen molar-refractivity contribution in [2.75, 3.05) is 0 Å². The summed E-state index contributed by atoms with van der Waals surface area (Å²) < 4.78 is 2.40. The summed E-state index contributed by atoms with van der Waals surface area (Å²) in [6.07, 6.45) is 0. The van der Waals surface area contributed by atoms with Crippen molar-refractivity contribution < 1.29 is 0 Å². The molecular formula is C52H33N5. The molecule has 11 aromatic rings. The highest BCUT2D eigenvalue weighted by Crippen LogP contribution is 2.43. The summed E-state index contributed by atoms with van der Waals surface area (Å²) in [4.78, 5) is 20.7. The fourth-order valence-electron chi connectivity index (χ4n) is 8.20. The van der Waals surface area contributed by atoms with Crippen LogP contribution in [-0.4, -0.2) is 24.5 Å². The normalized spacial score (nSPS) is 11.5. The number of para-hydroxylation sites is 2. The van der Waals surface area contributed by atoms with E-state index in [1.165, 1.54) is 16.3 Å². The van der Waals surface area contributed by atoms with Gasteiger partial charge in [0, 0.05) is 43.8 Å². The maximum atomic E-state index is 5.35. The van der Waals surface area contributed by atoms with Gasteiger partial charge in [0.05, 0.1) is 27.9 Å². The van der Waals surface area contributed by atoms with Gasteiger partial charge in [0.15, 0.2) is 17.5 Å². The average Bonchev–Trinajstić information content (AvgIpc) is 3.64. The van der Waals surface area contributed by atoms with E-state index in [2.05, 4.69) is 168 Å². The van der Waals surface area contributed by atoms with Gasteiger partial charge in [-0.1, -0.05) is 176 Å². The van der Waals surface area contributed by atoms with Crippen molar-refractivity contribution in [3.8, 4) is 62.2 Å². The van der Waals surface area contributed by atoms with E-state index in [4.69, 9.17) is 19.9 Å². The van der Waals surface area contributed by atoms with Crippen LogP contribution >= 0.6 is 0 Å². The highest BCUT2D eigenvalue weighted by Gasteiger charge is 2.23. The van der Waals surface area contributed by atoms with Crippen LogP contribution in [0.2, 0.25) is 0 Å². The van der Waals surface area contributed by atoms with Crippen LogP contribution in [0, 0.1) is 0 Å². The molecule has 3 aromatic heterocycles. The van der Waals surface area contributed by atoms with Crippen molar-refractivity contribution in [1.82, 2.24) is 24.5 Å². The van der Waals surface area contributed by atoms with Crippen LogP contribution in [0.3, 0.4) is 0 Å². The van der Waals surface area contributed by atoms with Crippen molar-refractivity contribution in [1.29, 1.82) is 0 Å². The first-order chi connectivity index (χ1) is 28.3. The fourth-order valence-corrected chi connectivity index (χ4v) is 8.20. The molecule has 0 bridgehead atoms. The molecule has 0 aliphatic carbocycles. The first-order valence-corrected chi connectivity index (χ1v) is 19.2. The zero-order valence-corrected chi connectivity index (χ0v) is 30.8. The van der Waals surface area contributed by atoms with Crippen LogP contribution in [0.15, 0.2) is 200 Å². The summed E-state index contributed by atoms with van der Waals surface area (Å²) in [5.74, 6) is 1.87. The van der Waals surface area contributed by atoms with E-state index in [9.17, 15) is 0 Å². The topological polar surface area (TPSA) is 56.5 Å². The van der Waals surface area contributed by atoms with Gasteiger partial charge in [0.25, 0.3) is 0 Å². The first-order valence-electron chi connectivity index (χ1n) is 19.2. The molecule has 0 amide bonds. The largest absolute Gasteiger partial charge is 0.306 e. The minimum atomic E-state index is 0.619. The Hall–Kier alpha value is -7.76. The van der Waals surface area contributed by atoms with Gasteiger partial charge in [-0.2, -0.15) is 0 Å². The zero-order chi connectivity index (χ0) is 37.7. The van der Waals surface area contributed by atoms with E-state index in [-0.39, 0.29) is 0 Å². The van der Waals surface area contributed by atoms with E-state index in [1.807, 2.05) is 36.4 Å². The lowest BCUT2D eigenvalue weighted by Crippen LogP contribution is -2.02. The number of hydrogen-bond donors (Lipinski definition) is 0. The highest BCUT2D eigenvalue weighted by molar-refractivity contribution is 6.24. The Bertz CT molecular complexity index is 3270. The summed E-state index contributed by atoms with van der Waals surface area (Å²) in [5.41, 5.74) is 11.3. The molecule has 0 aliphatic rings. The Balaban J connectivity index is 1.15. The maximum Gasteiger partial charge on any atom is 0.164 e. The van der Waals surface area contributed by atoms with Gasteiger partial charge in [-0.25, -0.2) is 19.9 Å². The number of aromatic nitrogens is 5. The second-order valence-electron chi connectivity index (χ2n) is 14.2. The molecular weight excluding hydrogens is 695 g/mol. The Morgan fingerprint density at radius 2 is 0.807 bits per heavy atom. The average molecular weight is 728 g/mol. The molecule has 0 spiro atoms. The quantitative estimate of drug-likeness (QED) is 0.171. The van der Waals surface area contributed by atoms with E-state index >= 15 is 0 Å². The van der Waals surface area contributed by atoms with Crippen molar-refractivity contribution >= 4 is 43.5 Å². The van der Waals surface area contributed by atoms with Crippen LogP contribution in [0.25, 0.3) is 106 Å². The molecule has 0 radical (unpaired) electrons. The lowest BCUT2D eigenvalue weighted by Gasteiger charge is -2.16. The molecule has 5 heteroatoms. The molecule has 266 valence electrons. The minimum absolute atomic E-state index is 0.619. The van der Waals surface area contributed by atoms with Crippen LogP contribution < -0.4 is 0 Å². The third-order valence-electron chi connectivity index (χ3n) is 10.9. The standard InChI is InChI=1S/C52H33N5/c1-4-16-34(17-5-1)35-28-30-38(31-29-35)51-54-50(37-20-8-3-9-21-37)55-52(56-51)41-32-33-46(40-23-11-10-22-39(40)41)57-45-27-15-13-25-43(45)47-42-24-12-14-26-44(42)53-48(49(47)57)36-18-6-2-7-19-36/h1-33H. The molecule has 57 heavy (non-hydrogen) atoms. The Morgan fingerprint density at radius 3 is 1.51 bits per heavy atom. The number of benzene rings is 8. The summed E-state index contributed by atoms with van der Waals surface area (Å²) in [5, 5.41) is 5.64. The van der Waals surface area contributed by atoms with Crippen molar-refractivity contribution in [2.24, 2.45) is 0 Å². The van der Waals surface area contributed by atoms with Crippen molar-refractivity contribution in [3.05, 3.63) is 200 Å². The van der Waals surface area contributed by atoms with Gasteiger partial charge < -0.3 is 4.57 Å². The van der Waals surface area contributed by atoms with Gasteiger partial charge in [-0.05, 0) is 40.8 Å². The van der Waals surface area contributed by atoms with Gasteiger partial charge in [-0.3, -0.25) is 0 Å². The Labute approximate surface area is 329 Å². The van der Waals surface area contributed by atoms with E-state index in [0.29, 0.717) is 17.5 Å². The summed E-state index contributed by atoms with van der Waals surface area (Å²) in [7, 11) is 0. The number of hydrogen-bond acceptors (Lipinski definition) is 4. The van der Waals surface area contributed by atoms with Crippen LogP contribution in [0.1, 0.15) is 0 Å². The minimum Gasteiger partial charge on any atom is -0.306 e. The lowest BCUT2D eigenvalue weighted by atomic mass is 10.0. The predicted octanol–water partition coefficient (Wildman–Crippen LogP) is 13.0. The van der Waals surface area contributed by atoms with Crippen molar-refractivity contribution in [2.45, 2.75) is 0 Å². The molecule has 0 aliphatic heterocycles. The van der Waals surface area contributed by atoms with Gasteiger partial charge in [0.2, 0.25) is 0 Å². The lowest BCUT2D eigenvalue weighted by molar-refractivity contribution is 1.08. The Kier molecular flexibility index (Phi) is 7.74. The summed E-state index contributed by atoms with van der Waals surface area (Å²) in [6, 6.07) is 69.7. The molecule has 0 fully saturated rings. The molecule has 0 saturated carbocycles. The highest BCUT2D eigenvalue weighted by atomic mass is 15.0. The third kappa shape index (κ3) is 5.56. The molecule has 5 nitrogen and oxygen atoms in total. The SMILES string of the molecule is c1ccc(-c2ccc(-c3nc(-c4ccccc4)nc(-c4ccc(-n5c6ccccc6c6c7ccccc7nc(-c7ccccc7)c65)c5ccccc45)n3)cc2)cc1. The number of nitrogens with zero attached hydrogens (tertiary/aromatic N) is 5. The monoisotopic (exact) mass is 727 g/mol. The molecule has 0 saturated heterocycles. The van der Waals surface area contributed by atoms with Gasteiger partial charge in [-0.15, -0.1) is 0 Å². The van der Waals surface area contributed by atoms with E-state index in [0.717, 1.165) is 71.9 Å². The van der Waals surface area contributed by atoms with Gasteiger partial charge >= 0.3 is 0 Å². The summed E-state index contributed by atoms with van der Waals surface area (Å²) in [6.45, 7) is 0. The van der Waals surface area contributed by atoms with Crippen LogP contribution in [-0.2, 0) is 0 Å². The molecule has 0 N–H and O–H groups in total. The number of rotatable bonds is 6. The number of pyridine rings is 1. The molecule has 0 unspecified atom stereocenters. The molecule has 0 atom stereocenters. The maximum absolute atomic E-state index is 5.35. The Morgan fingerprint density at radius 1 is 0.316 bits per heavy atom. The third-order valence-corrected chi connectivity index (χ3v) is 10.9.